The van der Waals surface area contributed by atoms with E-state index in [4.69, 9.17) is 36.6 Å². The van der Waals surface area contributed by atoms with E-state index >= 15 is 0 Å². The van der Waals surface area contributed by atoms with Gasteiger partial charge >= 0.3 is 12.2 Å². The number of ether oxygens (including phenoxy) is 2. The first-order valence-electron chi connectivity index (χ1n) is 18.0. The third-order valence-electron chi connectivity index (χ3n) is 10.1. The van der Waals surface area contributed by atoms with Gasteiger partial charge < -0.3 is 25.5 Å². The number of nitrogens with one attached hydrogen (secondary N) is 2. The number of aromatic amines is 1. The first kappa shape index (κ1) is 35.1. The molecule has 5 atom stereocenters. The molecule has 52 heavy (non-hydrogen) atoms. The van der Waals surface area contributed by atoms with Crippen molar-refractivity contribution in [2.75, 3.05) is 6.54 Å². The fraction of sp³-hybridized carbons (Fsp3) is 0.475. The summed E-state index contributed by atoms with van der Waals surface area (Å²) in [6.07, 6.45) is 12.0. The minimum atomic E-state index is -0.619. The van der Waals surface area contributed by atoms with Gasteiger partial charge in [0.25, 0.3) is 0 Å². The Morgan fingerprint density at radius 2 is 1.75 bits per heavy atom. The van der Waals surface area contributed by atoms with Gasteiger partial charge in [0.2, 0.25) is 0 Å². The van der Waals surface area contributed by atoms with Gasteiger partial charge in [0.05, 0.1) is 63.3 Å². The average Bonchev–Trinajstić information content (AvgIpc) is 3.41. The summed E-state index contributed by atoms with van der Waals surface area (Å²) in [5.74, 6) is 3.73. The van der Waals surface area contributed by atoms with Crippen LogP contribution in [0, 0.1) is 18.3 Å². The molecular weight excluding hydrogens is 656 g/mol. The van der Waals surface area contributed by atoms with Crippen molar-refractivity contribution in [3.8, 4) is 23.6 Å². The number of benzene rings is 2. The van der Waals surface area contributed by atoms with Crippen LogP contribution < -0.4 is 11.1 Å². The Kier molecular flexibility index (Phi) is 8.59. The Labute approximate surface area is 304 Å². The number of amides is 2. The molecule has 1 aliphatic carbocycles. The van der Waals surface area contributed by atoms with Gasteiger partial charge in [0, 0.05) is 23.9 Å². The molecule has 7 rings (SSSR count). The molecule has 3 aliphatic rings. The summed E-state index contributed by atoms with van der Waals surface area (Å²) in [4.78, 5) is 47.6. The molecule has 2 unspecified atom stereocenters. The SMILES string of the molecule is C#C[C@@H]1[C@H](C)CC2(CC2N/C=C(\N)c2ccc3nc(-c4ccc5nc([C@@H]6CCCN6C(=O)OC(C)(C)C)[nH]c5c4)cnc3c2)N1C(=O)OC(C)(C)C. The molecular formula is C40H48N8O4. The number of nitrogens with zero attached hydrogens (tertiary/aromatic N) is 5. The molecule has 2 amide bonds. The molecule has 2 aromatic carbocycles. The van der Waals surface area contributed by atoms with E-state index < -0.39 is 16.7 Å². The number of nitrogens with two attached hydrogens (primary N) is 1. The van der Waals surface area contributed by atoms with E-state index in [1.807, 2.05) is 77.9 Å². The fourth-order valence-corrected chi connectivity index (χ4v) is 7.68. The molecule has 12 heteroatoms. The molecule has 1 saturated carbocycles. The number of hydrogen-bond donors (Lipinski definition) is 3. The van der Waals surface area contributed by atoms with E-state index in [1.54, 1.807) is 22.2 Å². The second-order valence-corrected chi connectivity index (χ2v) is 16.4. The summed E-state index contributed by atoms with van der Waals surface area (Å²) in [5, 5.41) is 3.46. The van der Waals surface area contributed by atoms with Crippen LogP contribution in [0.1, 0.15) is 91.6 Å². The smallest absolute Gasteiger partial charge is 0.411 e. The molecule has 2 saturated heterocycles. The first-order valence-corrected chi connectivity index (χ1v) is 18.0. The van der Waals surface area contributed by atoms with Crippen LogP contribution in [0.3, 0.4) is 0 Å². The lowest BCUT2D eigenvalue weighted by Crippen LogP contribution is -2.48. The first-order chi connectivity index (χ1) is 24.5. The zero-order valence-electron chi connectivity index (χ0n) is 31.0. The highest BCUT2D eigenvalue weighted by Gasteiger charge is 2.67. The van der Waals surface area contributed by atoms with Gasteiger partial charge in [-0.15, -0.1) is 6.42 Å². The quantitative estimate of drug-likeness (QED) is 0.189. The van der Waals surface area contributed by atoms with E-state index in [1.165, 1.54) is 0 Å². The highest BCUT2D eigenvalue weighted by atomic mass is 16.6. The maximum Gasteiger partial charge on any atom is 0.411 e. The van der Waals surface area contributed by atoms with E-state index in [0.717, 1.165) is 64.9 Å². The Morgan fingerprint density at radius 3 is 2.48 bits per heavy atom. The lowest BCUT2D eigenvalue weighted by Gasteiger charge is -2.32. The van der Waals surface area contributed by atoms with E-state index in [0.29, 0.717) is 17.8 Å². The van der Waals surface area contributed by atoms with E-state index in [-0.39, 0.29) is 36.2 Å². The normalized spacial score (nSPS) is 24.8. The predicted octanol–water partition coefficient (Wildman–Crippen LogP) is 6.88. The van der Waals surface area contributed by atoms with Crippen molar-refractivity contribution >= 4 is 40.0 Å². The van der Waals surface area contributed by atoms with Crippen LogP contribution in [0.2, 0.25) is 0 Å². The van der Waals surface area contributed by atoms with Gasteiger partial charge in [0.15, 0.2) is 0 Å². The Hall–Kier alpha value is -5.31. The second kappa shape index (κ2) is 12.7. The largest absolute Gasteiger partial charge is 0.444 e. The number of hydrogen-bond acceptors (Lipinski definition) is 9. The number of rotatable bonds is 5. The third kappa shape index (κ3) is 6.72. The summed E-state index contributed by atoms with van der Waals surface area (Å²) in [6.45, 7) is 13.9. The van der Waals surface area contributed by atoms with E-state index in [9.17, 15) is 9.59 Å². The standard InChI is InChI=1S/C40H48N8O4/c1-9-32-23(2)19-40(48(32)37(50)52-39(6,7)8)20-34(40)43-21-26(41)24-12-14-27-29(17-24)42-22-31(44-27)25-13-15-28-30(18-25)46-35(45-28)33-11-10-16-47(33)36(49)51-38(3,4)5/h1,12-15,17-18,21-23,32-34,43H,10-11,16,19-20,41H2,2-8H3,(H,45,46)/b26-21-/t23-,32-,33+,34?,40?/m1/s1. The van der Waals surface area contributed by atoms with Crippen LogP contribution in [0.5, 0.6) is 0 Å². The van der Waals surface area contributed by atoms with Crippen molar-refractivity contribution in [2.45, 2.75) is 109 Å². The van der Waals surface area contributed by atoms with Crippen molar-refractivity contribution in [3.63, 3.8) is 0 Å². The topological polar surface area (TPSA) is 152 Å². The van der Waals surface area contributed by atoms with Crippen LogP contribution >= 0.6 is 0 Å². The Bertz CT molecular complexity index is 2120. The lowest BCUT2D eigenvalue weighted by molar-refractivity contribution is 0.0144. The zero-order valence-corrected chi connectivity index (χ0v) is 31.0. The van der Waals surface area contributed by atoms with Crippen LogP contribution in [0.4, 0.5) is 9.59 Å². The molecule has 4 aromatic rings. The number of H-pyrrole nitrogens is 1. The number of likely N-dealkylation sites (tertiary alicyclic amines) is 2. The van der Waals surface area contributed by atoms with Crippen molar-refractivity contribution in [2.24, 2.45) is 11.7 Å². The maximum absolute atomic E-state index is 13.3. The highest BCUT2D eigenvalue weighted by Crippen LogP contribution is 2.54. The molecule has 4 heterocycles. The summed E-state index contributed by atoms with van der Waals surface area (Å²) < 4.78 is 11.4. The molecule has 3 fully saturated rings. The summed E-state index contributed by atoms with van der Waals surface area (Å²) in [7, 11) is 0. The van der Waals surface area contributed by atoms with E-state index in [2.05, 4.69) is 23.1 Å². The number of carbonyl (C=O) groups excluding carboxylic acids is 2. The lowest BCUT2D eigenvalue weighted by atomic mass is 10.0. The van der Waals surface area contributed by atoms with Gasteiger partial charge in [-0.3, -0.25) is 14.8 Å². The summed E-state index contributed by atoms with van der Waals surface area (Å²) >= 11 is 0. The van der Waals surface area contributed by atoms with Crippen molar-refractivity contribution < 1.29 is 19.1 Å². The molecule has 272 valence electrons. The molecule has 2 aromatic heterocycles. The Balaban J connectivity index is 1.05. The fourth-order valence-electron chi connectivity index (χ4n) is 7.68. The van der Waals surface area contributed by atoms with Crippen LogP contribution in [0.25, 0.3) is 39.0 Å². The van der Waals surface area contributed by atoms with Gasteiger partial charge in [-0.05, 0) is 97.4 Å². The van der Waals surface area contributed by atoms with Gasteiger partial charge in [0.1, 0.15) is 17.0 Å². The highest BCUT2D eigenvalue weighted by molar-refractivity contribution is 5.84. The zero-order chi connectivity index (χ0) is 37.2. The molecule has 2 aliphatic heterocycles. The molecule has 0 bridgehead atoms. The third-order valence-corrected chi connectivity index (χ3v) is 10.1. The Morgan fingerprint density at radius 1 is 1.02 bits per heavy atom. The minimum Gasteiger partial charge on any atom is -0.444 e. The monoisotopic (exact) mass is 704 g/mol. The van der Waals surface area contributed by atoms with Crippen molar-refractivity contribution in [1.29, 1.82) is 0 Å². The second-order valence-electron chi connectivity index (χ2n) is 16.4. The van der Waals surface area contributed by atoms with Gasteiger partial charge in [-0.1, -0.05) is 25.0 Å². The maximum atomic E-state index is 13.3. The number of terminal acetylenes is 1. The van der Waals surface area contributed by atoms with Crippen molar-refractivity contribution in [1.82, 2.24) is 35.1 Å². The average molecular weight is 705 g/mol. The molecule has 1 spiro atoms. The number of imidazole rings is 1. The van der Waals surface area contributed by atoms with Crippen molar-refractivity contribution in [3.05, 3.63) is 60.2 Å². The van der Waals surface area contributed by atoms with Gasteiger partial charge in [-0.25, -0.2) is 19.6 Å². The number of carbonyl (C=O) groups is 2. The predicted molar refractivity (Wildman–Crippen MR) is 200 cm³/mol. The molecule has 0 radical (unpaired) electrons. The number of fused-ring (bicyclic) bond motifs is 2. The molecule has 4 N–H and O–H groups in total. The van der Waals surface area contributed by atoms with Crippen LogP contribution in [0.15, 0.2) is 48.8 Å². The summed E-state index contributed by atoms with van der Waals surface area (Å²) in [5.41, 5.74) is 11.1. The van der Waals surface area contributed by atoms with Crippen LogP contribution in [-0.2, 0) is 9.47 Å². The minimum absolute atomic E-state index is 0.00698. The van der Waals surface area contributed by atoms with Crippen LogP contribution in [-0.4, -0.2) is 77.3 Å². The number of aromatic nitrogens is 4. The molecule has 12 nitrogen and oxygen atoms in total. The summed E-state index contributed by atoms with van der Waals surface area (Å²) in [6, 6.07) is 11.2. The van der Waals surface area contributed by atoms with Gasteiger partial charge in [-0.2, -0.15) is 0 Å².